The molecule has 0 radical (unpaired) electrons. The molecule has 2 aromatic rings. The standard InChI is InChI=1S/C21H27F3N4/c1-4-6-14-7-5-8-15-9-10-16(11-17(14)15)27-20-25-12-18(21(22,23)24)19(28-20)26-13(2)3/h9-14H,4-8H2,1-3H3,(H2,25,26,27,28). The van der Waals surface area contributed by atoms with Gasteiger partial charge in [0.25, 0.3) is 0 Å². The zero-order chi connectivity index (χ0) is 20.3. The molecule has 1 aromatic heterocycles. The van der Waals surface area contributed by atoms with Gasteiger partial charge in [0.2, 0.25) is 5.95 Å². The first-order valence-corrected chi connectivity index (χ1v) is 9.88. The van der Waals surface area contributed by atoms with Gasteiger partial charge in [-0.15, -0.1) is 0 Å². The molecule has 0 fully saturated rings. The van der Waals surface area contributed by atoms with E-state index >= 15 is 0 Å². The number of fused-ring (bicyclic) bond motifs is 1. The Bertz CT molecular complexity index is 818. The Morgan fingerprint density at radius 1 is 1.25 bits per heavy atom. The van der Waals surface area contributed by atoms with E-state index in [4.69, 9.17) is 0 Å². The highest BCUT2D eigenvalue weighted by Crippen LogP contribution is 2.37. The minimum atomic E-state index is -4.51. The number of hydrogen-bond donors (Lipinski definition) is 2. The van der Waals surface area contributed by atoms with Gasteiger partial charge in [0.15, 0.2) is 0 Å². The Morgan fingerprint density at radius 3 is 2.71 bits per heavy atom. The summed E-state index contributed by atoms with van der Waals surface area (Å²) in [6.07, 6.45) is 2.08. The van der Waals surface area contributed by atoms with E-state index in [0.29, 0.717) is 5.92 Å². The number of nitrogens with one attached hydrogen (secondary N) is 2. The van der Waals surface area contributed by atoms with Crippen LogP contribution < -0.4 is 10.6 Å². The van der Waals surface area contributed by atoms with E-state index in [1.807, 2.05) is 6.07 Å². The molecule has 7 heteroatoms. The predicted molar refractivity (Wildman–Crippen MR) is 106 cm³/mol. The molecular weight excluding hydrogens is 365 g/mol. The molecule has 28 heavy (non-hydrogen) atoms. The first kappa shape index (κ1) is 20.4. The molecule has 1 heterocycles. The van der Waals surface area contributed by atoms with Crippen molar-refractivity contribution in [2.45, 2.75) is 71.0 Å². The van der Waals surface area contributed by atoms with Crippen molar-refractivity contribution in [3.63, 3.8) is 0 Å². The number of anilines is 3. The van der Waals surface area contributed by atoms with Crippen LogP contribution in [-0.2, 0) is 12.6 Å². The molecule has 1 aliphatic rings. The van der Waals surface area contributed by atoms with Gasteiger partial charge in [0, 0.05) is 17.9 Å². The Kier molecular flexibility index (Phi) is 6.10. The quantitative estimate of drug-likeness (QED) is 0.607. The highest BCUT2D eigenvalue weighted by molar-refractivity contribution is 5.59. The maximum absolute atomic E-state index is 13.2. The molecule has 1 unspecified atom stereocenters. The van der Waals surface area contributed by atoms with E-state index in [0.717, 1.165) is 31.1 Å². The average Bonchev–Trinajstić information content (AvgIpc) is 2.61. The molecule has 0 bridgehead atoms. The third-order valence-corrected chi connectivity index (χ3v) is 5.00. The van der Waals surface area contributed by atoms with Crippen molar-refractivity contribution < 1.29 is 13.2 Å². The molecule has 1 aromatic carbocycles. The van der Waals surface area contributed by atoms with Crippen molar-refractivity contribution in [3.05, 3.63) is 41.1 Å². The van der Waals surface area contributed by atoms with Crippen LogP contribution in [-0.4, -0.2) is 16.0 Å². The topological polar surface area (TPSA) is 49.8 Å². The van der Waals surface area contributed by atoms with E-state index in [1.165, 1.54) is 24.0 Å². The summed E-state index contributed by atoms with van der Waals surface area (Å²) in [5.41, 5.74) is 2.65. The summed E-state index contributed by atoms with van der Waals surface area (Å²) in [7, 11) is 0. The van der Waals surface area contributed by atoms with Crippen LogP contribution in [0.25, 0.3) is 0 Å². The third kappa shape index (κ3) is 4.75. The second kappa shape index (κ2) is 8.37. The molecule has 2 N–H and O–H groups in total. The SMILES string of the molecule is CCCC1CCCc2ccc(Nc3ncc(C(F)(F)F)c(NC(C)C)n3)cc21. The van der Waals surface area contributed by atoms with Gasteiger partial charge in [-0.2, -0.15) is 18.2 Å². The van der Waals surface area contributed by atoms with Crippen molar-refractivity contribution in [2.24, 2.45) is 0 Å². The summed E-state index contributed by atoms with van der Waals surface area (Å²) in [6.45, 7) is 5.73. The number of hydrogen-bond acceptors (Lipinski definition) is 4. The molecular formula is C21H27F3N4. The summed E-state index contributed by atoms with van der Waals surface area (Å²) in [6, 6.07) is 5.98. The molecule has 0 saturated heterocycles. The van der Waals surface area contributed by atoms with Crippen LogP contribution in [0.15, 0.2) is 24.4 Å². The van der Waals surface area contributed by atoms with Gasteiger partial charge in [0.1, 0.15) is 11.4 Å². The van der Waals surface area contributed by atoms with Crippen LogP contribution in [0.1, 0.15) is 69.1 Å². The number of aryl methyl sites for hydroxylation is 1. The Balaban J connectivity index is 1.88. The maximum atomic E-state index is 13.2. The van der Waals surface area contributed by atoms with Crippen molar-refractivity contribution in [2.75, 3.05) is 10.6 Å². The summed E-state index contributed by atoms with van der Waals surface area (Å²) < 4.78 is 39.7. The van der Waals surface area contributed by atoms with Crippen molar-refractivity contribution in [3.8, 4) is 0 Å². The van der Waals surface area contributed by atoms with Crippen LogP contribution in [0.3, 0.4) is 0 Å². The van der Waals surface area contributed by atoms with Gasteiger partial charge in [-0.25, -0.2) is 4.98 Å². The third-order valence-electron chi connectivity index (χ3n) is 5.00. The molecule has 3 rings (SSSR count). The molecule has 0 amide bonds. The second-order valence-corrected chi connectivity index (χ2v) is 7.67. The zero-order valence-corrected chi connectivity index (χ0v) is 16.5. The van der Waals surface area contributed by atoms with Crippen LogP contribution in [0, 0.1) is 0 Å². The number of alkyl halides is 3. The summed E-state index contributed by atoms with van der Waals surface area (Å²) in [5.74, 6) is 0.489. The van der Waals surface area contributed by atoms with E-state index in [9.17, 15) is 13.2 Å². The van der Waals surface area contributed by atoms with Crippen molar-refractivity contribution >= 4 is 17.5 Å². The smallest absolute Gasteiger partial charge is 0.367 e. The first-order valence-electron chi connectivity index (χ1n) is 9.88. The van der Waals surface area contributed by atoms with Crippen LogP contribution in [0.5, 0.6) is 0 Å². The van der Waals surface area contributed by atoms with E-state index in [1.54, 1.807) is 13.8 Å². The summed E-state index contributed by atoms with van der Waals surface area (Å²) in [5, 5.41) is 5.85. The average molecular weight is 392 g/mol. The lowest BCUT2D eigenvalue weighted by Gasteiger charge is -2.26. The number of rotatable bonds is 6. The Morgan fingerprint density at radius 2 is 2.04 bits per heavy atom. The highest BCUT2D eigenvalue weighted by atomic mass is 19.4. The van der Waals surface area contributed by atoms with Crippen molar-refractivity contribution in [1.29, 1.82) is 0 Å². The Labute approximate surface area is 164 Å². The molecule has 152 valence electrons. The highest BCUT2D eigenvalue weighted by Gasteiger charge is 2.35. The van der Waals surface area contributed by atoms with E-state index in [-0.39, 0.29) is 17.8 Å². The van der Waals surface area contributed by atoms with Crippen LogP contribution in [0.4, 0.5) is 30.6 Å². The molecule has 0 spiro atoms. The minimum absolute atomic E-state index is 0.152. The number of halogens is 3. The Hall–Kier alpha value is -2.31. The summed E-state index contributed by atoms with van der Waals surface area (Å²) >= 11 is 0. The van der Waals surface area contributed by atoms with Crippen molar-refractivity contribution in [1.82, 2.24) is 9.97 Å². The fourth-order valence-corrected chi connectivity index (χ4v) is 3.79. The lowest BCUT2D eigenvalue weighted by atomic mass is 9.80. The predicted octanol–water partition coefficient (Wildman–Crippen LogP) is 6.28. The molecule has 1 atom stereocenters. The van der Waals surface area contributed by atoms with Gasteiger partial charge < -0.3 is 10.6 Å². The van der Waals surface area contributed by atoms with E-state index in [2.05, 4.69) is 39.7 Å². The fraction of sp³-hybridized carbons (Fsp3) is 0.524. The molecule has 1 aliphatic carbocycles. The monoisotopic (exact) mass is 392 g/mol. The normalized spacial score (nSPS) is 16.8. The lowest BCUT2D eigenvalue weighted by Crippen LogP contribution is -2.18. The van der Waals surface area contributed by atoms with Gasteiger partial charge in [0.05, 0.1) is 0 Å². The number of benzene rings is 1. The summed E-state index contributed by atoms with van der Waals surface area (Å²) in [4.78, 5) is 7.98. The maximum Gasteiger partial charge on any atom is 0.421 e. The molecule has 0 aliphatic heterocycles. The minimum Gasteiger partial charge on any atom is -0.367 e. The van der Waals surface area contributed by atoms with Gasteiger partial charge >= 0.3 is 6.18 Å². The largest absolute Gasteiger partial charge is 0.421 e. The second-order valence-electron chi connectivity index (χ2n) is 7.67. The van der Waals surface area contributed by atoms with Gasteiger partial charge in [-0.3, -0.25) is 0 Å². The first-order chi connectivity index (χ1) is 13.3. The zero-order valence-electron chi connectivity index (χ0n) is 16.5. The lowest BCUT2D eigenvalue weighted by molar-refractivity contribution is -0.137. The van der Waals surface area contributed by atoms with Gasteiger partial charge in [-0.1, -0.05) is 19.4 Å². The number of nitrogens with zero attached hydrogens (tertiary/aromatic N) is 2. The van der Waals surface area contributed by atoms with E-state index < -0.39 is 11.7 Å². The van der Waals surface area contributed by atoms with Gasteiger partial charge in [-0.05, 0) is 68.7 Å². The molecule has 4 nitrogen and oxygen atoms in total. The number of aromatic nitrogens is 2. The molecule has 0 saturated carbocycles. The van der Waals surface area contributed by atoms with Crippen LogP contribution >= 0.6 is 0 Å². The van der Waals surface area contributed by atoms with Crippen LogP contribution in [0.2, 0.25) is 0 Å². The fourth-order valence-electron chi connectivity index (χ4n) is 3.79.